The molecule has 0 aromatic rings. The van der Waals surface area contributed by atoms with Crippen molar-refractivity contribution in [1.82, 2.24) is 0 Å². The van der Waals surface area contributed by atoms with Gasteiger partial charge in [-0.2, -0.15) is 0 Å². The van der Waals surface area contributed by atoms with Crippen LogP contribution in [-0.2, 0) is 9.47 Å². The van der Waals surface area contributed by atoms with Gasteiger partial charge < -0.3 is 9.47 Å². The quantitative estimate of drug-likeness (QED) is 0.444. The highest BCUT2D eigenvalue weighted by Gasteiger charge is 2.04. The highest BCUT2D eigenvalue weighted by atomic mass is 35.5. The first-order chi connectivity index (χ1) is 4.85. The molecule has 0 bridgehead atoms. The van der Waals surface area contributed by atoms with Gasteiger partial charge >= 0.3 is 0 Å². The zero-order chi connectivity index (χ0) is 7.82. The van der Waals surface area contributed by atoms with Crippen LogP contribution in [-0.4, -0.2) is 25.4 Å². The van der Waals surface area contributed by atoms with Gasteiger partial charge in [0.25, 0.3) is 0 Å². The summed E-state index contributed by atoms with van der Waals surface area (Å²) in [6.45, 7) is 5.35. The van der Waals surface area contributed by atoms with E-state index in [0.717, 1.165) is 13.0 Å². The van der Waals surface area contributed by atoms with Gasteiger partial charge in [0, 0.05) is 13.2 Å². The molecule has 0 amide bonds. The molecule has 1 atom stereocenters. The number of rotatable bonds is 6. The summed E-state index contributed by atoms with van der Waals surface area (Å²) < 4.78 is 10.4. The second-order valence-corrected chi connectivity index (χ2v) is 2.22. The van der Waals surface area contributed by atoms with Crippen LogP contribution in [0, 0.1) is 0 Å². The lowest BCUT2D eigenvalue weighted by Gasteiger charge is -2.13. The van der Waals surface area contributed by atoms with Gasteiger partial charge in [0.2, 0.25) is 0 Å². The van der Waals surface area contributed by atoms with Crippen LogP contribution < -0.4 is 0 Å². The van der Waals surface area contributed by atoms with Gasteiger partial charge in [-0.3, -0.25) is 0 Å². The lowest BCUT2D eigenvalue weighted by Crippen LogP contribution is -2.19. The Bertz CT molecular complexity index is 68.6. The van der Waals surface area contributed by atoms with Gasteiger partial charge in [-0.15, -0.1) is 11.6 Å². The van der Waals surface area contributed by atoms with Crippen LogP contribution in [0.1, 0.15) is 20.3 Å². The summed E-state index contributed by atoms with van der Waals surface area (Å²) in [5.41, 5.74) is 0. The molecular weight excluding hydrogens is 152 g/mol. The van der Waals surface area contributed by atoms with E-state index in [-0.39, 0.29) is 6.29 Å². The third-order valence-corrected chi connectivity index (χ3v) is 1.24. The minimum absolute atomic E-state index is 0.216. The second-order valence-electron chi connectivity index (χ2n) is 1.91. The van der Waals surface area contributed by atoms with Gasteiger partial charge in [-0.25, -0.2) is 0 Å². The van der Waals surface area contributed by atoms with E-state index in [0.29, 0.717) is 12.5 Å². The van der Waals surface area contributed by atoms with Crippen molar-refractivity contribution in [2.75, 3.05) is 19.1 Å². The molecular formula is C7H15ClO2. The summed E-state index contributed by atoms with van der Waals surface area (Å²) in [4.78, 5) is 0. The zero-order valence-electron chi connectivity index (χ0n) is 6.60. The summed E-state index contributed by atoms with van der Waals surface area (Å²) in [7, 11) is 0. The second kappa shape index (κ2) is 7.32. The van der Waals surface area contributed by atoms with Crippen molar-refractivity contribution in [2.24, 2.45) is 0 Å². The molecule has 0 radical (unpaired) electrons. The van der Waals surface area contributed by atoms with Crippen LogP contribution in [0.5, 0.6) is 0 Å². The smallest absolute Gasteiger partial charge is 0.170 e. The number of hydrogen-bond acceptors (Lipinski definition) is 2. The fraction of sp³-hybridized carbons (Fsp3) is 1.00. The highest BCUT2D eigenvalue weighted by molar-refractivity contribution is 6.18. The van der Waals surface area contributed by atoms with E-state index < -0.39 is 0 Å². The van der Waals surface area contributed by atoms with Crippen molar-refractivity contribution in [2.45, 2.75) is 26.6 Å². The summed E-state index contributed by atoms with van der Waals surface area (Å²) in [6.07, 6.45) is 0.784. The Labute approximate surface area is 67.5 Å². The standard InChI is InChI=1S/C7H15ClO2/c1-3-5-10-7(6-8)9-4-2/h7H,3-6H2,1-2H3. The number of alkyl halides is 1. The monoisotopic (exact) mass is 166 g/mol. The maximum Gasteiger partial charge on any atom is 0.170 e. The maximum atomic E-state index is 5.53. The average molecular weight is 167 g/mol. The van der Waals surface area contributed by atoms with Gasteiger partial charge in [0.15, 0.2) is 6.29 Å². The molecule has 0 aliphatic carbocycles. The summed E-state index contributed by atoms with van der Waals surface area (Å²) in [5.74, 6) is 0.411. The van der Waals surface area contributed by atoms with Gasteiger partial charge in [0.05, 0.1) is 5.88 Å². The fourth-order valence-corrected chi connectivity index (χ4v) is 0.751. The van der Waals surface area contributed by atoms with Crippen molar-refractivity contribution >= 4 is 11.6 Å². The first-order valence-corrected chi connectivity index (χ1v) is 4.17. The summed E-state index contributed by atoms with van der Waals surface area (Å²) in [6, 6.07) is 0. The van der Waals surface area contributed by atoms with Crippen LogP contribution in [0.15, 0.2) is 0 Å². The number of hydrogen-bond donors (Lipinski definition) is 0. The van der Waals surface area contributed by atoms with E-state index >= 15 is 0 Å². The Morgan fingerprint density at radius 3 is 2.40 bits per heavy atom. The van der Waals surface area contributed by atoms with E-state index in [1.165, 1.54) is 0 Å². The zero-order valence-corrected chi connectivity index (χ0v) is 7.36. The molecule has 3 heteroatoms. The van der Waals surface area contributed by atoms with Crippen LogP contribution in [0.4, 0.5) is 0 Å². The molecule has 0 aromatic heterocycles. The van der Waals surface area contributed by atoms with Crippen molar-refractivity contribution in [3.05, 3.63) is 0 Å². The molecule has 0 heterocycles. The summed E-state index contributed by atoms with van der Waals surface area (Å²) >= 11 is 5.53. The molecule has 0 N–H and O–H groups in total. The van der Waals surface area contributed by atoms with Crippen molar-refractivity contribution in [1.29, 1.82) is 0 Å². The number of halogens is 1. The van der Waals surface area contributed by atoms with Gasteiger partial charge in [0.1, 0.15) is 0 Å². The van der Waals surface area contributed by atoms with E-state index in [2.05, 4.69) is 6.92 Å². The van der Waals surface area contributed by atoms with Gasteiger partial charge in [-0.05, 0) is 13.3 Å². The van der Waals surface area contributed by atoms with E-state index in [9.17, 15) is 0 Å². The van der Waals surface area contributed by atoms with E-state index in [1.807, 2.05) is 6.92 Å². The topological polar surface area (TPSA) is 18.5 Å². The van der Waals surface area contributed by atoms with Crippen molar-refractivity contribution < 1.29 is 9.47 Å². The minimum atomic E-state index is -0.216. The Balaban J connectivity index is 3.21. The Hall–Kier alpha value is 0.210. The Morgan fingerprint density at radius 1 is 1.30 bits per heavy atom. The van der Waals surface area contributed by atoms with Gasteiger partial charge in [-0.1, -0.05) is 6.92 Å². The van der Waals surface area contributed by atoms with Crippen LogP contribution in [0.3, 0.4) is 0 Å². The van der Waals surface area contributed by atoms with Crippen molar-refractivity contribution in [3.63, 3.8) is 0 Å². The average Bonchev–Trinajstić information content (AvgIpc) is 1.98. The predicted octanol–water partition coefficient (Wildman–Crippen LogP) is 2.01. The molecule has 0 saturated carbocycles. The largest absolute Gasteiger partial charge is 0.352 e. The predicted molar refractivity (Wildman–Crippen MR) is 42.4 cm³/mol. The molecule has 0 aliphatic rings. The molecule has 0 fully saturated rings. The molecule has 0 aromatic carbocycles. The first kappa shape index (κ1) is 10.2. The molecule has 10 heavy (non-hydrogen) atoms. The normalized spacial score (nSPS) is 13.5. The minimum Gasteiger partial charge on any atom is -0.352 e. The molecule has 0 aliphatic heterocycles. The summed E-state index contributed by atoms with van der Waals surface area (Å²) in [5, 5.41) is 0. The lowest BCUT2D eigenvalue weighted by atomic mass is 10.5. The molecule has 1 unspecified atom stereocenters. The van der Waals surface area contributed by atoms with E-state index in [4.69, 9.17) is 21.1 Å². The molecule has 2 nitrogen and oxygen atoms in total. The molecule has 0 saturated heterocycles. The highest BCUT2D eigenvalue weighted by Crippen LogP contribution is 1.98. The third kappa shape index (κ3) is 5.03. The Kier molecular flexibility index (Phi) is 7.47. The number of ether oxygens (including phenoxy) is 2. The molecule has 62 valence electrons. The molecule has 0 spiro atoms. The van der Waals surface area contributed by atoms with Crippen molar-refractivity contribution in [3.8, 4) is 0 Å². The lowest BCUT2D eigenvalue weighted by molar-refractivity contribution is -0.124. The van der Waals surface area contributed by atoms with Crippen LogP contribution >= 0.6 is 11.6 Å². The van der Waals surface area contributed by atoms with Crippen LogP contribution in [0.25, 0.3) is 0 Å². The first-order valence-electron chi connectivity index (χ1n) is 3.64. The third-order valence-electron chi connectivity index (χ3n) is 0.986. The SMILES string of the molecule is CCCOC(CCl)OCC. The fourth-order valence-electron chi connectivity index (χ4n) is 0.572. The molecule has 0 rings (SSSR count). The van der Waals surface area contributed by atoms with Crippen LogP contribution in [0.2, 0.25) is 0 Å². The Morgan fingerprint density at radius 2 is 2.00 bits per heavy atom. The van der Waals surface area contributed by atoms with E-state index in [1.54, 1.807) is 0 Å². The maximum absolute atomic E-state index is 5.53.